The first kappa shape index (κ1) is 26.4. The lowest BCUT2D eigenvalue weighted by Crippen LogP contribution is -2.35. The molecule has 3 rings (SSSR count). The van der Waals surface area contributed by atoms with Crippen LogP contribution in [0.5, 0.6) is 0 Å². The number of rotatable bonds is 5. The molecule has 2 aliphatic heterocycles. The van der Waals surface area contributed by atoms with E-state index < -0.39 is 0 Å². The molecule has 0 spiro atoms. The number of H-pyrrole nitrogens is 1. The van der Waals surface area contributed by atoms with E-state index in [0.717, 1.165) is 48.7 Å². The van der Waals surface area contributed by atoms with Gasteiger partial charge in [0.25, 0.3) is 0 Å². The number of imidazole rings is 1. The smallest absolute Gasteiger partial charge is 0.108 e. The molecule has 0 saturated carbocycles. The molecule has 6 heteroatoms. The second-order valence-corrected chi connectivity index (χ2v) is 7.29. The molecule has 0 radical (unpaired) electrons. The summed E-state index contributed by atoms with van der Waals surface area (Å²) in [5, 5.41) is 6.89. The first-order valence-electron chi connectivity index (χ1n) is 11.0. The quantitative estimate of drug-likeness (QED) is 0.281. The van der Waals surface area contributed by atoms with E-state index in [4.69, 9.17) is 5.41 Å². The molecule has 2 aliphatic rings. The molecule has 0 atom stereocenters. The van der Waals surface area contributed by atoms with Crippen LogP contribution in [-0.4, -0.2) is 33.5 Å². The number of aromatic amines is 1. The minimum absolute atomic E-state index is 0.899. The summed E-state index contributed by atoms with van der Waals surface area (Å²) in [6, 6.07) is 0. The number of aromatic nitrogens is 2. The van der Waals surface area contributed by atoms with Crippen molar-refractivity contribution in [3.63, 3.8) is 0 Å². The molecule has 0 aliphatic carbocycles. The monoisotopic (exact) mass is 439 g/mol. The molecular weight excluding hydrogens is 402 g/mol. The molecule has 1 aromatic heterocycles. The van der Waals surface area contributed by atoms with Gasteiger partial charge < -0.3 is 15.3 Å². The summed E-state index contributed by atoms with van der Waals surface area (Å²) in [5.41, 5.74) is 3.45. The van der Waals surface area contributed by atoms with E-state index in [1.165, 1.54) is 24.0 Å². The zero-order valence-electron chi connectivity index (χ0n) is 19.3. The molecule has 0 unspecified atom stereocenters. The second kappa shape index (κ2) is 16.1. The maximum Gasteiger partial charge on any atom is 0.108 e. The lowest BCUT2D eigenvalue weighted by Gasteiger charge is -2.28. The van der Waals surface area contributed by atoms with Crippen LogP contribution >= 0.6 is 12.6 Å². The predicted molar refractivity (Wildman–Crippen MR) is 138 cm³/mol. The van der Waals surface area contributed by atoms with Gasteiger partial charge in [0.2, 0.25) is 0 Å². The maximum absolute atomic E-state index is 6.89. The van der Waals surface area contributed by atoms with Crippen molar-refractivity contribution in [1.82, 2.24) is 14.9 Å². The van der Waals surface area contributed by atoms with Crippen molar-refractivity contribution >= 4 is 24.7 Å². The first-order valence-corrected chi connectivity index (χ1v) is 11.5. The lowest BCUT2D eigenvalue weighted by atomic mass is 10.1. The number of nitrogens with one attached hydrogen (secondary N) is 2. The van der Waals surface area contributed by atoms with Crippen LogP contribution in [0.1, 0.15) is 58.3 Å². The highest BCUT2D eigenvalue weighted by Gasteiger charge is 2.20. The SMILES string of the molecule is C1=CCC(N2CCc3nc[nH]c3C2)=NC=C1.CC.CCC\C=C/C=C(S)\C(C)=C\C=N. The van der Waals surface area contributed by atoms with Gasteiger partial charge in [0.05, 0.1) is 24.3 Å². The van der Waals surface area contributed by atoms with Crippen LogP contribution in [0.25, 0.3) is 0 Å². The summed E-state index contributed by atoms with van der Waals surface area (Å²) >= 11 is 4.30. The van der Waals surface area contributed by atoms with Gasteiger partial charge in [-0.25, -0.2) is 9.98 Å². The van der Waals surface area contributed by atoms with Gasteiger partial charge in [-0.15, -0.1) is 12.6 Å². The number of thiol groups is 1. The fourth-order valence-corrected chi connectivity index (χ4v) is 3.05. The van der Waals surface area contributed by atoms with E-state index in [9.17, 15) is 0 Å². The lowest BCUT2D eigenvalue weighted by molar-refractivity contribution is 0.382. The Bertz CT molecular complexity index is 840. The molecule has 0 fully saturated rings. The number of nitrogens with zero attached hydrogens (tertiary/aromatic N) is 3. The molecule has 0 bridgehead atoms. The van der Waals surface area contributed by atoms with Crippen LogP contribution in [0.15, 0.2) is 70.5 Å². The summed E-state index contributed by atoms with van der Waals surface area (Å²) in [4.78, 5) is 15.2. The van der Waals surface area contributed by atoms with Crippen LogP contribution in [-0.2, 0) is 13.0 Å². The molecule has 5 nitrogen and oxygen atoms in total. The van der Waals surface area contributed by atoms with E-state index in [-0.39, 0.29) is 0 Å². The largest absolute Gasteiger partial charge is 0.354 e. The molecule has 0 saturated heterocycles. The molecule has 31 heavy (non-hydrogen) atoms. The average Bonchev–Trinajstić information content (AvgIpc) is 3.10. The van der Waals surface area contributed by atoms with Crippen molar-refractivity contribution in [2.45, 2.75) is 59.9 Å². The molecular formula is C25H37N5S. The summed E-state index contributed by atoms with van der Waals surface area (Å²) in [5.74, 6) is 1.14. The summed E-state index contributed by atoms with van der Waals surface area (Å²) in [7, 11) is 0. The molecule has 1 aromatic rings. The molecule has 3 heterocycles. The Morgan fingerprint density at radius 2 is 2.10 bits per heavy atom. The Hall–Kier alpha value is -2.60. The third-order valence-corrected chi connectivity index (χ3v) is 5.08. The van der Waals surface area contributed by atoms with Gasteiger partial charge in [0.1, 0.15) is 5.84 Å². The Morgan fingerprint density at radius 3 is 2.84 bits per heavy atom. The van der Waals surface area contributed by atoms with Gasteiger partial charge in [-0.3, -0.25) is 0 Å². The zero-order valence-corrected chi connectivity index (χ0v) is 20.2. The van der Waals surface area contributed by atoms with Gasteiger partial charge in [0.15, 0.2) is 0 Å². The van der Waals surface area contributed by atoms with Crippen LogP contribution in [0.3, 0.4) is 0 Å². The second-order valence-electron chi connectivity index (χ2n) is 6.80. The first-order chi connectivity index (χ1) is 15.2. The number of unbranched alkanes of at least 4 members (excludes halogenated alkanes) is 1. The van der Waals surface area contributed by atoms with Gasteiger partial charge in [-0.1, -0.05) is 51.5 Å². The average molecular weight is 440 g/mol. The number of hydrogen-bond donors (Lipinski definition) is 3. The zero-order chi connectivity index (χ0) is 22.9. The minimum Gasteiger partial charge on any atom is -0.354 e. The fourth-order valence-electron chi connectivity index (χ4n) is 2.89. The highest BCUT2D eigenvalue weighted by atomic mass is 32.1. The number of amidine groups is 1. The molecule has 168 valence electrons. The van der Waals surface area contributed by atoms with E-state index in [1.54, 1.807) is 12.4 Å². The van der Waals surface area contributed by atoms with E-state index in [2.05, 4.69) is 51.6 Å². The molecule has 0 amide bonds. The third kappa shape index (κ3) is 9.83. The summed E-state index contributed by atoms with van der Waals surface area (Å²) < 4.78 is 0. The highest BCUT2D eigenvalue weighted by Crippen LogP contribution is 2.17. The molecule has 2 N–H and O–H groups in total. The normalized spacial score (nSPS) is 15.9. The van der Waals surface area contributed by atoms with E-state index >= 15 is 0 Å². The Kier molecular flexibility index (Phi) is 13.8. The van der Waals surface area contributed by atoms with Crippen LogP contribution in [0.4, 0.5) is 0 Å². The van der Waals surface area contributed by atoms with Gasteiger partial charge in [-0.05, 0) is 37.1 Å². The van der Waals surface area contributed by atoms with Gasteiger partial charge in [-0.2, -0.15) is 0 Å². The van der Waals surface area contributed by atoms with Crippen molar-refractivity contribution in [2.75, 3.05) is 6.54 Å². The fraction of sp³-hybridized carbons (Fsp3) is 0.400. The van der Waals surface area contributed by atoms with Crippen LogP contribution < -0.4 is 0 Å². The Labute approximate surface area is 193 Å². The Morgan fingerprint density at radius 1 is 1.29 bits per heavy atom. The number of allylic oxidation sites excluding steroid dienone is 7. The summed E-state index contributed by atoms with van der Waals surface area (Å²) in [6.07, 6.45) is 23.1. The van der Waals surface area contributed by atoms with Gasteiger partial charge in [0, 0.05) is 36.7 Å². The van der Waals surface area contributed by atoms with Crippen molar-refractivity contribution in [3.05, 3.63) is 76.9 Å². The van der Waals surface area contributed by atoms with E-state index in [0.29, 0.717) is 0 Å². The third-order valence-electron chi connectivity index (χ3n) is 4.58. The minimum atomic E-state index is 0.899. The number of hydrogen-bond acceptors (Lipinski definition) is 5. The number of aliphatic imine (C=N–C) groups is 1. The maximum atomic E-state index is 6.89. The standard InChI is InChI=1S/C12H14N4.C11H17NS.C2H6/c1-2-4-12(13-6-3-1)16-7-5-10-11(8-16)15-9-14-10;1-3-4-5-6-7-11(13)10(2)8-9-12;1-2/h1-3,6,9H,4-5,7-8H2,(H,14,15);5-9,12-13H,3-4H2,1-2H3;1-2H3/b;6-5-,10-8+,11-7+,12-9?;. The van der Waals surface area contributed by atoms with Crippen molar-refractivity contribution < 1.29 is 0 Å². The van der Waals surface area contributed by atoms with Crippen molar-refractivity contribution in [1.29, 1.82) is 5.41 Å². The highest BCUT2D eigenvalue weighted by molar-refractivity contribution is 7.84. The Balaban J connectivity index is 0.000000295. The summed E-state index contributed by atoms with van der Waals surface area (Å²) in [6.45, 7) is 10.0. The van der Waals surface area contributed by atoms with Crippen molar-refractivity contribution in [2.24, 2.45) is 4.99 Å². The van der Waals surface area contributed by atoms with E-state index in [1.807, 2.05) is 51.3 Å². The van der Waals surface area contributed by atoms with Gasteiger partial charge >= 0.3 is 0 Å². The topological polar surface area (TPSA) is 68.1 Å². The predicted octanol–water partition coefficient (Wildman–Crippen LogP) is 6.42. The van der Waals surface area contributed by atoms with Crippen molar-refractivity contribution in [3.8, 4) is 0 Å². The number of fused-ring (bicyclic) bond motifs is 1. The van der Waals surface area contributed by atoms with Crippen LogP contribution in [0, 0.1) is 5.41 Å². The molecule has 0 aromatic carbocycles. The van der Waals surface area contributed by atoms with Crippen LogP contribution in [0.2, 0.25) is 0 Å².